The van der Waals surface area contributed by atoms with E-state index in [0.717, 1.165) is 10.0 Å². The SMILES string of the molecule is CC1C(=O)Nc2nc(Cl)cc(Br)c21. The molecule has 0 radical (unpaired) electrons. The number of nitrogens with one attached hydrogen (secondary N) is 1. The van der Waals surface area contributed by atoms with Gasteiger partial charge in [0.25, 0.3) is 0 Å². The first kappa shape index (κ1) is 8.97. The lowest BCUT2D eigenvalue weighted by molar-refractivity contribution is -0.116. The molecule has 1 aliphatic rings. The normalized spacial score (nSPS) is 19.9. The van der Waals surface area contributed by atoms with E-state index in [1.165, 1.54) is 0 Å². The van der Waals surface area contributed by atoms with Gasteiger partial charge in [-0.25, -0.2) is 4.98 Å². The highest BCUT2D eigenvalue weighted by atomic mass is 79.9. The number of anilines is 1. The third kappa shape index (κ3) is 1.34. The van der Waals surface area contributed by atoms with Gasteiger partial charge in [-0.2, -0.15) is 0 Å². The van der Waals surface area contributed by atoms with Crippen molar-refractivity contribution in [1.29, 1.82) is 0 Å². The Bertz CT molecular complexity index is 394. The molecule has 1 aromatic rings. The van der Waals surface area contributed by atoms with Crippen molar-refractivity contribution in [1.82, 2.24) is 4.98 Å². The first-order chi connectivity index (χ1) is 6.09. The summed E-state index contributed by atoms with van der Waals surface area (Å²) in [6.45, 7) is 1.83. The van der Waals surface area contributed by atoms with E-state index in [1.807, 2.05) is 6.92 Å². The number of amides is 1. The molecule has 0 aromatic carbocycles. The highest BCUT2D eigenvalue weighted by Gasteiger charge is 2.30. The lowest BCUT2D eigenvalue weighted by Crippen LogP contribution is -2.08. The molecule has 5 heteroatoms. The van der Waals surface area contributed by atoms with E-state index in [9.17, 15) is 4.79 Å². The summed E-state index contributed by atoms with van der Waals surface area (Å²) < 4.78 is 0.827. The molecular weight excluding hydrogens is 255 g/mol. The zero-order valence-corrected chi connectivity index (χ0v) is 9.11. The summed E-state index contributed by atoms with van der Waals surface area (Å²) >= 11 is 9.08. The average Bonchev–Trinajstić information content (AvgIpc) is 2.27. The van der Waals surface area contributed by atoms with Crippen LogP contribution in [0.2, 0.25) is 5.15 Å². The first-order valence-electron chi connectivity index (χ1n) is 3.76. The number of fused-ring (bicyclic) bond motifs is 1. The van der Waals surface area contributed by atoms with E-state index in [2.05, 4.69) is 26.2 Å². The van der Waals surface area contributed by atoms with Crippen molar-refractivity contribution in [2.24, 2.45) is 0 Å². The largest absolute Gasteiger partial charge is 0.310 e. The molecule has 3 nitrogen and oxygen atoms in total. The van der Waals surface area contributed by atoms with E-state index in [4.69, 9.17) is 11.6 Å². The second kappa shape index (κ2) is 2.96. The highest BCUT2D eigenvalue weighted by molar-refractivity contribution is 9.10. The molecule has 1 amide bonds. The van der Waals surface area contributed by atoms with Crippen molar-refractivity contribution in [3.63, 3.8) is 0 Å². The van der Waals surface area contributed by atoms with E-state index in [-0.39, 0.29) is 11.8 Å². The molecule has 1 aromatic heterocycles. The van der Waals surface area contributed by atoms with Gasteiger partial charge in [-0.15, -0.1) is 0 Å². The van der Waals surface area contributed by atoms with Gasteiger partial charge in [0, 0.05) is 10.0 Å². The van der Waals surface area contributed by atoms with Gasteiger partial charge in [0.15, 0.2) is 0 Å². The molecule has 0 fully saturated rings. The van der Waals surface area contributed by atoms with Gasteiger partial charge in [-0.3, -0.25) is 4.79 Å². The number of rotatable bonds is 0. The molecule has 0 saturated carbocycles. The van der Waals surface area contributed by atoms with Crippen LogP contribution in [-0.4, -0.2) is 10.9 Å². The van der Waals surface area contributed by atoms with Gasteiger partial charge >= 0.3 is 0 Å². The number of carbonyl (C=O) groups excluding carboxylic acids is 1. The van der Waals surface area contributed by atoms with Crippen LogP contribution in [0.3, 0.4) is 0 Å². The maximum absolute atomic E-state index is 11.3. The zero-order chi connectivity index (χ0) is 9.59. The Morgan fingerprint density at radius 2 is 2.38 bits per heavy atom. The molecular formula is C8H6BrClN2O. The highest BCUT2D eigenvalue weighted by Crippen LogP contribution is 2.37. The fourth-order valence-corrected chi connectivity index (χ4v) is 2.43. The molecule has 1 unspecified atom stereocenters. The van der Waals surface area contributed by atoms with E-state index >= 15 is 0 Å². The van der Waals surface area contributed by atoms with E-state index in [0.29, 0.717) is 11.0 Å². The van der Waals surface area contributed by atoms with E-state index in [1.54, 1.807) is 6.07 Å². The monoisotopic (exact) mass is 260 g/mol. The molecule has 1 aliphatic heterocycles. The van der Waals surface area contributed by atoms with Gasteiger partial charge in [-0.1, -0.05) is 27.5 Å². The van der Waals surface area contributed by atoms with Crippen molar-refractivity contribution in [2.75, 3.05) is 5.32 Å². The molecule has 1 N–H and O–H groups in total. The van der Waals surface area contributed by atoms with Crippen molar-refractivity contribution < 1.29 is 4.79 Å². The number of carbonyl (C=O) groups is 1. The number of aromatic nitrogens is 1. The van der Waals surface area contributed by atoms with Crippen LogP contribution in [0.15, 0.2) is 10.5 Å². The minimum atomic E-state index is -0.158. The fraction of sp³-hybridized carbons (Fsp3) is 0.250. The van der Waals surface area contributed by atoms with Crippen LogP contribution < -0.4 is 5.32 Å². The molecule has 2 rings (SSSR count). The number of pyridine rings is 1. The fourth-order valence-electron chi connectivity index (χ4n) is 1.36. The molecule has 0 saturated heterocycles. The molecule has 68 valence electrons. The van der Waals surface area contributed by atoms with Gasteiger partial charge in [0.05, 0.1) is 5.92 Å². The molecule has 0 bridgehead atoms. The summed E-state index contributed by atoms with van der Waals surface area (Å²) in [4.78, 5) is 15.3. The van der Waals surface area contributed by atoms with E-state index < -0.39 is 0 Å². The standard InChI is InChI=1S/C8H6BrClN2O/c1-3-6-4(9)2-5(10)11-7(6)12-8(3)13/h2-3H,1H3,(H,11,12,13). The lowest BCUT2D eigenvalue weighted by Gasteiger charge is -2.03. The molecule has 1 atom stereocenters. The molecule has 0 aliphatic carbocycles. The van der Waals surface area contributed by atoms with Crippen molar-refractivity contribution in [2.45, 2.75) is 12.8 Å². The Morgan fingerprint density at radius 3 is 3.08 bits per heavy atom. The Labute approximate surface area is 88.6 Å². The van der Waals surface area contributed by atoms with Crippen LogP contribution >= 0.6 is 27.5 Å². The lowest BCUT2D eigenvalue weighted by atomic mass is 10.1. The maximum Gasteiger partial charge on any atom is 0.232 e. The van der Waals surface area contributed by atoms with Crippen molar-refractivity contribution in [3.8, 4) is 0 Å². The summed E-state index contributed by atoms with van der Waals surface area (Å²) in [5.74, 6) is 0.372. The smallest absolute Gasteiger partial charge is 0.232 e. The third-order valence-electron chi connectivity index (χ3n) is 2.04. The number of hydrogen-bond acceptors (Lipinski definition) is 2. The quantitative estimate of drug-likeness (QED) is 0.729. The summed E-state index contributed by atoms with van der Waals surface area (Å²) in [7, 11) is 0. The van der Waals surface area contributed by atoms with Gasteiger partial charge < -0.3 is 5.32 Å². The maximum atomic E-state index is 11.3. The summed E-state index contributed by atoms with van der Waals surface area (Å²) in [6.07, 6.45) is 0. The van der Waals surface area contributed by atoms with Crippen LogP contribution in [0, 0.1) is 0 Å². The topological polar surface area (TPSA) is 42.0 Å². The summed E-state index contributed by atoms with van der Waals surface area (Å²) in [6, 6.07) is 1.69. The van der Waals surface area contributed by atoms with Crippen molar-refractivity contribution >= 4 is 39.3 Å². The Kier molecular flexibility index (Phi) is 2.04. The number of nitrogens with zero attached hydrogens (tertiary/aromatic N) is 1. The summed E-state index contributed by atoms with van der Waals surface area (Å²) in [5, 5.41) is 3.04. The van der Waals surface area contributed by atoms with Gasteiger partial charge in [0.2, 0.25) is 5.91 Å². The van der Waals surface area contributed by atoms with Crippen LogP contribution in [0.5, 0.6) is 0 Å². The minimum absolute atomic E-state index is 0.0366. The zero-order valence-electron chi connectivity index (χ0n) is 6.77. The Morgan fingerprint density at radius 1 is 1.69 bits per heavy atom. The minimum Gasteiger partial charge on any atom is -0.310 e. The molecule has 2 heterocycles. The first-order valence-corrected chi connectivity index (χ1v) is 4.93. The van der Waals surface area contributed by atoms with Crippen LogP contribution in [0.25, 0.3) is 0 Å². The van der Waals surface area contributed by atoms with Gasteiger partial charge in [-0.05, 0) is 13.0 Å². The second-order valence-electron chi connectivity index (χ2n) is 2.90. The third-order valence-corrected chi connectivity index (χ3v) is 2.89. The van der Waals surface area contributed by atoms with Crippen LogP contribution in [-0.2, 0) is 4.79 Å². The predicted molar refractivity (Wildman–Crippen MR) is 54.0 cm³/mol. The van der Waals surface area contributed by atoms with Crippen molar-refractivity contribution in [3.05, 3.63) is 21.3 Å². The van der Waals surface area contributed by atoms with Crippen LogP contribution in [0.4, 0.5) is 5.82 Å². The molecule has 0 spiro atoms. The summed E-state index contributed by atoms with van der Waals surface area (Å²) in [5.41, 5.74) is 0.884. The predicted octanol–water partition coefficient (Wildman–Crippen LogP) is 2.55. The second-order valence-corrected chi connectivity index (χ2v) is 4.14. The Hall–Kier alpha value is -0.610. The molecule has 13 heavy (non-hydrogen) atoms. The number of halogens is 2. The van der Waals surface area contributed by atoms with Crippen LogP contribution in [0.1, 0.15) is 18.4 Å². The Balaban J connectivity index is 2.64. The van der Waals surface area contributed by atoms with Gasteiger partial charge in [0.1, 0.15) is 11.0 Å². The number of hydrogen-bond donors (Lipinski definition) is 1. The average molecular weight is 262 g/mol.